The topological polar surface area (TPSA) is 58.6 Å². The number of hydrogen-bond donors (Lipinski definition) is 1. The highest BCUT2D eigenvalue weighted by atomic mass is 32.2. The number of carbonyl (C=O) groups is 1. The van der Waals surface area contributed by atoms with Gasteiger partial charge in [-0.3, -0.25) is 9.89 Å². The third-order valence-corrected chi connectivity index (χ3v) is 4.74. The van der Waals surface area contributed by atoms with Gasteiger partial charge in [-0.2, -0.15) is 0 Å². The first-order valence-corrected chi connectivity index (χ1v) is 8.68. The molecule has 0 aliphatic heterocycles. The van der Waals surface area contributed by atoms with E-state index in [0.29, 0.717) is 11.0 Å². The van der Waals surface area contributed by atoms with Crippen molar-refractivity contribution in [3.63, 3.8) is 0 Å². The highest BCUT2D eigenvalue weighted by molar-refractivity contribution is 8.00. The van der Waals surface area contributed by atoms with Gasteiger partial charge in [0.05, 0.1) is 5.25 Å². The first kappa shape index (κ1) is 16.5. The zero-order valence-corrected chi connectivity index (χ0v) is 14.7. The monoisotopic (exact) mass is 337 g/mol. The highest BCUT2D eigenvalue weighted by Gasteiger charge is 2.19. The Balaban J connectivity index is 1.70. The lowest BCUT2D eigenvalue weighted by atomic mass is 10.1. The summed E-state index contributed by atoms with van der Waals surface area (Å²) in [5.41, 5.74) is 4.04. The average molecular weight is 337 g/mol. The minimum atomic E-state index is -0.241. The van der Waals surface area contributed by atoms with Crippen LogP contribution in [0, 0.1) is 13.8 Å². The molecule has 1 heterocycles. The van der Waals surface area contributed by atoms with Crippen molar-refractivity contribution in [2.75, 3.05) is 0 Å². The van der Waals surface area contributed by atoms with Crippen molar-refractivity contribution in [3.05, 3.63) is 65.2 Å². The van der Waals surface area contributed by atoms with Crippen LogP contribution in [0.15, 0.2) is 53.7 Å². The Morgan fingerprint density at radius 1 is 1.00 bits per heavy atom. The van der Waals surface area contributed by atoms with Crippen LogP contribution in [0.5, 0.6) is 0 Å². The number of nitrogens with zero attached hydrogens (tertiary/aromatic N) is 2. The molecule has 1 atom stereocenters. The van der Waals surface area contributed by atoms with E-state index in [1.165, 1.54) is 17.3 Å². The van der Waals surface area contributed by atoms with E-state index in [4.69, 9.17) is 0 Å². The molecule has 0 saturated carbocycles. The maximum absolute atomic E-state index is 12.5. The highest BCUT2D eigenvalue weighted by Crippen LogP contribution is 2.25. The van der Waals surface area contributed by atoms with Crippen molar-refractivity contribution in [3.8, 4) is 11.4 Å². The maximum atomic E-state index is 12.5. The minimum Gasteiger partial charge on any atom is -0.293 e. The third-order valence-electron chi connectivity index (χ3n) is 3.78. The molecular formula is C19H19N3OS. The Morgan fingerprint density at radius 2 is 1.58 bits per heavy atom. The summed E-state index contributed by atoms with van der Waals surface area (Å²) in [4.78, 5) is 17.0. The molecule has 0 aliphatic rings. The second-order valence-electron chi connectivity index (χ2n) is 5.82. The molecule has 122 valence electrons. The summed E-state index contributed by atoms with van der Waals surface area (Å²) in [5.74, 6) is 0.800. The summed E-state index contributed by atoms with van der Waals surface area (Å²) in [6.07, 6.45) is 0. The third kappa shape index (κ3) is 3.74. The van der Waals surface area contributed by atoms with E-state index < -0.39 is 0 Å². The van der Waals surface area contributed by atoms with Crippen molar-refractivity contribution in [2.24, 2.45) is 0 Å². The molecule has 0 aliphatic carbocycles. The van der Waals surface area contributed by atoms with Crippen LogP contribution in [-0.2, 0) is 0 Å². The fraction of sp³-hybridized carbons (Fsp3) is 0.211. The number of benzene rings is 2. The lowest BCUT2D eigenvalue weighted by Crippen LogP contribution is -2.13. The van der Waals surface area contributed by atoms with Crippen molar-refractivity contribution in [2.45, 2.75) is 31.2 Å². The Hall–Kier alpha value is -2.40. The summed E-state index contributed by atoms with van der Waals surface area (Å²) in [6.45, 7) is 5.94. The molecule has 4 nitrogen and oxygen atoms in total. The maximum Gasteiger partial charge on any atom is 0.209 e. The normalized spacial score (nSPS) is 12.1. The van der Waals surface area contributed by atoms with Crippen LogP contribution >= 0.6 is 11.8 Å². The quantitative estimate of drug-likeness (QED) is 0.552. The lowest BCUT2D eigenvalue weighted by molar-refractivity contribution is 0.0994. The molecule has 3 aromatic rings. The average Bonchev–Trinajstić information content (AvgIpc) is 3.04. The van der Waals surface area contributed by atoms with E-state index in [-0.39, 0.29) is 11.0 Å². The molecule has 0 bridgehead atoms. The molecule has 0 spiro atoms. The number of rotatable bonds is 5. The van der Waals surface area contributed by atoms with Crippen LogP contribution in [-0.4, -0.2) is 26.2 Å². The summed E-state index contributed by atoms with van der Waals surface area (Å²) >= 11 is 1.37. The van der Waals surface area contributed by atoms with Gasteiger partial charge in [-0.15, -0.1) is 5.10 Å². The molecule has 0 radical (unpaired) electrons. The van der Waals surface area contributed by atoms with Crippen molar-refractivity contribution < 1.29 is 4.79 Å². The molecule has 2 aromatic carbocycles. The lowest BCUT2D eigenvalue weighted by Gasteiger charge is -2.07. The van der Waals surface area contributed by atoms with Crippen LogP contribution in [0.2, 0.25) is 0 Å². The molecule has 0 amide bonds. The largest absolute Gasteiger partial charge is 0.293 e. The Morgan fingerprint density at radius 3 is 2.21 bits per heavy atom. The van der Waals surface area contributed by atoms with Crippen LogP contribution in [0.4, 0.5) is 0 Å². The predicted molar refractivity (Wildman–Crippen MR) is 97.4 cm³/mol. The van der Waals surface area contributed by atoms with Crippen LogP contribution in [0.25, 0.3) is 11.4 Å². The SMILES string of the molecule is Cc1ccc(C(=O)[C@@H](C)Sc2n[nH]c(-c3ccc(C)cc3)n2)cc1. The van der Waals surface area contributed by atoms with Gasteiger partial charge in [-0.05, 0) is 20.8 Å². The van der Waals surface area contributed by atoms with E-state index in [9.17, 15) is 4.79 Å². The van der Waals surface area contributed by atoms with Gasteiger partial charge in [0.15, 0.2) is 11.6 Å². The van der Waals surface area contributed by atoms with Gasteiger partial charge in [0, 0.05) is 11.1 Å². The number of H-pyrrole nitrogens is 1. The summed E-state index contributed by atoms with van der Waals surface area (Å²) < 4.78 is 0. The van der Waals surface area contributed by atoms with Gasteiger partial charge < -0.3 is 0 Å². The van der Waals surface area contributed by atoms with Gasteiger partial charge in [0.25, 0.3) is 0 Å². The Bertz CT molecular complexity index is 838. The number of Topliss-reactive ketones (excluding diaryl/α,β-unsaturated/α-hetero) is 1. The Kier molecular flexibility index (Phi) is 4.81. The predicted octanol–water partition coefficient (Wildman–Crippen LogP) is 4.45. The van der Waals surface area contributed by atoms with E-state index in [2.05, 4.69) is 15.2 Å². The van der Waals surface area contributed by atoms with E-state index in [0.717, 1.165) is 16.7 Å². The molecule has 5 heteroatoms. The zero-order chi connectivity index (χ0) is 17.1. The number of hydrogen-bond acceptors (Lipinski definition) is 4. The molecule has 0 unspecified atom stereocenters. The number of aromatic nitrogens is 3. The molecule has 0 saturated heterocycles. The summed E-state index contributed by atoms with van der Waals surface area (Å²) in [7, 11) is 0. The second kappa shape index (κ2) is 7.01. The number of nitrogens with one attached hydrogen (secondary N) is 1. The number of carbonyl (C=O) groups excluding carboxylic acids is 1. The smallest absolute Gasteiger partial charge is 0.209 e. The van der Waals surface area contributed by atoms with Gasteiger partial charge in [0.1, 0.15) is 0 Å². The minimum absolute atomic E-state index is 0.0849. The summed E-state index contributed by atoms with van der Waals surface area (Å²) in [6, 6.07) is 15.7. The van der Waals surface area contributed by atoms with Crippen LogP contribution < -0.4 is 0 Å². The standard InChI is InChI=1S/C19H19N3OS/c1-12-4-8-15(9-5-12)17(23)14(3)24-19-20-18(21-22-19)16-10-6-13(2)7-11-16/h4-11,14H,1-3H3,(H,20,21,22)/t14-/m1/s1. The molecule has 24 heavy (non-hydrogen) atoms. The molecule has 1 N–H and O–H groups in total. The molecule has 3 rings (SSSR count). The zero-order valence-electron chi connectivity index (χ0n) is 13.9. The fourth-order valence-corrected chi connectivity index (χ4v) is 3.11. The van der Waals surface area contributed by atoms with E-state index >= 15 is 0 Å². The van der Waals surface area contributed by atoms with Crippen LogP contribution in [0.3, 0.4) is 0 Å². The van der Waals surface area contributed by atoms with Gasteiger partial charge in [-0.25, -0.2) is 4.98 Å². The van der Waals surface area contributed by atoms with Gasteiger partial charge >= 0.3 is 0 Å². The van der Waals surface area contributed by atoms with Crippen molar-refractivity contribution in [1.29, 1.82) is 0 Å². The van der Waals surface area contributed by atoms with Crippen molar-refractivity contribution in [1.82, 2.24) is 15.2 Å². The van der Waals surface area contributed by atoms with E-state index in [1.807, 2.05) is 69.3 Å². The van der Waals surface area contributed by atoms with E-state index in [1.54, 1.807) is 0 Å². The number of aryl methyl sites for hydroxylation is 2. The Labute approximate surface area is 145 Å². The van der Waals surface area contributed by atoms with Crippen molar-refractivity contribution >= 4 is 17.5 Å². The second-order valence-corrected chi connectivity index (χ2v) is 7.13. The molecule has 1 aromatic heterocycles. The first-order valence-electron chi connectivity index (χ1n) is 7.80. The number of aromatic amines is 1. The van der Waals surface area contributed by atoms with Gasteiger partial charge in [0.2, 0.25) is 5.16 Å². The number of ketones is 1. The number of thioether (sulfide) groups is 1. The molecule has 0 fully saturated rings. The van der Waals surface area contributed by atoms with Crippen LogP contribution in [0.1, 0.15) is 28.4 Å². The first-order chi connectivity index (χ1) is 11.5. The molecular weight excluding hydrogens is 318 g/mol. The summed E-state index contributed by atoms with van der Waals surface area (Å²) in [5, 5.41) is 7.50. The fourth-order valence-electron chi connectivity index (χ4n) is 2.30. The van der Waals surface area contributed by atoms with Gasteiger partial charge in [-0.1, -0.05) is 71.4 Å².